The Kier molecular flexibility index (Phi) is 5.84. The van der Waals surface area contributed by atoms with Crippen molar-refractivity contribution in [2.45, 2.75) is 31.6 Å². The highest BCUT2D eigenvalue weighted by atomic mass is 16.5. The number of amides is 1. The maximum atomic E-state index is 12.8. The minimum atomic E-state index is 0.180. The number of likely N-dealkylation sites (tertiary alicyclic amines) is 1. The second-order valence-electron chi connectivity index (χ2n) is 7.26. The molecule has 0 aliphatic carbocycles. The maximum absolute atomic E-state index is 12.8. The minimum absolute atomic E-state index is 0.180. The van der Waals surface area contributed by atoms with Gasteiger partial charge in [0, 0.05) is 50.2 Å². The Hall–Kier alpha value is -3.22. The van der Waals surface area contributed by atoms with E-state index in [1.807, 2.05) is 39.9 Å². The lowest BCUT2D eigenvalue weighted by atomic mass is 9.93. The summed E-state index contributed by atoms with van der Waals surface area (Å²) in [4.78, 5) is 28.0. The molecule has 1 aliphatic rings. The van der Waals surface area contributed by atoms with Crippen LogP contribution in [0.5, 0.6) is 5.75 Å². The predicted molar refractivity (Wildman–Crippen MR) is 109 cm³/mol. The first-order valence-corrected chi connectivity index (χ1v) is 9.94. The molecule has 0 radical (unpaired) electrons. The normalized spacial score (nSPS) is 16.6. The molecule has 1 aromatic carbocycles. The van der Waals surface area contributed by atoms with Crippen LogP contribution in [0.2, 0.25) is 0 Å². The van der Waals surface area contributed by atoms with Crippen molar-refractivity contribution >= 4 is 5.91 Å². The second-order valence-corrected chi connectivity index (χ2v) is 7.26. The molecule has 0 saturated carbocycles. The van der Waals surface area contributed by atoms with Crippen LogP contribution < -0.4 is 4.74 Å². The lowest BCUT2D eigenvalue weighted by Crippen LogP contribution is -2.39. The van der Waals surface area contributed by atoms with Gasteiger partial charge in [-0.3, -0.25) is 14.3 Å². The van der Waals surface area contributed by atoms with Gasteiger partial charge in [-0.2, -0.15) is 0 Å². The summed E-state index contributed by atoms with van der Waals surface area (Å²) >= 11 is 0. The zero-order chi connectivity index (χ0) is 20.1. The van der Waals surface area contributed by atoms with E-state index in [1.165, 1.54) is 0 Å². The number of carbonyl (C=O) groups excluding carboxylic acids is 1. The highest BCUT2D eigenvalue weighted by Crippen LogP contribution is 2.29. The van der Waals surface area contributed by atoms with E-state index >= 15 is 0 Å². The third kappa shape index (κ3) is 4.45. The number of rotatable bonds is 6. The monoisotopic (exact) mass is 391 g/mol. The van der Waals surface area contributed by atoms with Crippen molar-refractivity contribution in [3.05, 3.63) is 66.6 Å². The van der Waals surface area contributed by atoms with Gasteiger partial charge >= 0.3 is 0 Å². The molecule has 29 heavy (non-hydrogen) atoms. The number of carbonyl (C=O) groups is 1. The van der Waals surface area contributed by atoms with E-state index in [2.05, 4.69) is 15.0 Å². The summed E-state index contributed by atoms with van der Waals surface area (Å²) < 4.78 is 7.07. The van der Waals surface area contributed by atoms with Crippen molar-refractivity contribution < 1.29 is 9.53 Å². The number of hydrogen-bond donors (Lipinski definition) is 0. The van der Waals surface area contributed by atoms with E-state index in [-0.39, 0.29) is 11.8 Å². The van der Waals surface area contributed by atoms with Crippen LogP contribution in [0, 0.1) is 0 Å². The molecule has 1 saturated heterocycles. The molecule has 0 unspecified atom stereocenters. The zero-order valence-corrected chi connectivity index (χ0v) is 16.6. The first-order valence-electron chi connectivity index (χ1n) is 9.94. The number of piperidine rings is 1. The van der Waals surface area contributed by atoms with Crippen LogP contribution in [0.1, 0.15) is 36.4 Å². The number of methoxy groups -OCH3 is 1. The summed E-state index contributed by atoms with van der Waals surface area (Å²) in [5, 5.41) is 0. The molecule has 3 heterocycles. The van der Waals surface area contributed by atoms with Crippen molar-refractivity contribution in [1.82, 2.24) is 24.4 Å². The standard InChI is InChI=1S/C22H25N5O2/c1-29-19-7-4-17(5-8-19)6-9-20(28)26-13-2-3-18(15-26)21-22(25-11-10-24-21)27-14-12-23-16-27/h4-5,7-8,10-12,14,16,18H,2-3,6,9,13,15H2,1H3/t18-/m1/s1. The summed E-state index contributed by atoms with van der Waals surface area (Å²) in [6.07, 6.45) is 12.0. The van der Waals surface area contributed by atoms with E-state index in [9.17, 15) is 4.79 Å². The molecular weight excluding hydrogens is 366 g/mol. The van der Waals surface area contributed by atoms with Gasteiger partial charge in [0.05, 0.1) is 12.8 Å². The quantitative estimate of drug-likeness (QED) is 0.646. The van der Waals surface area contributed by atoms with Gasteiger partial charge in [-0.05, 0) is 37.0 Å². The van der Waals surface area contributed by atoms with Crippen molar-refractivity contribution in [1.29, 1.82) is 0 Å². The topological polar surface area (TPSA) is 73.1 Å². The molecule has 1 fully saturated rings. The Labute approximate surface area is 170 Å². The fraction of sp³-hybridized carbons (Fsp3) is 0.364. The van der Waals surface area contributed by atoms with Crippen molar-refractivity contribution in [2.75, 3.05) is 20.2 Å². The van der Waals surface area contributed by atoms with Crippen LogP contribution in [0.25, 0.3) is 5.82 Å². The second kappa shape index (κ2) is 8.86. The lowest BCUT2D eigenvalue weighted by molar-refractivity contribution is -0.132. The summed E-state index contributed by atoms with van der Waals surface area (Å²) in [5.41, 5.74) is 2.07. The summed E-state index contributed by atoms with van der Waals surface area (Å²) in [7, 11) is 1.65. The van der Waals surface area contributed by atoms with Gasteiger partial charge in [0.1, 0.15) is 12.1 Å². The van der Waals surface area contributed by atoms with Crippen molar-refractivity contribution in [3.63, 3.8) is 0 Å². The zero-order valence-electron chi connectivity index (χ0n) is 16.6. The Morgan fingerprint density at radius 2 is 2.00 bits per heavy atom. The van der Waals surface area contributed by atoms with Gasteiger partial charge in [0.2, 0.25) is 5.91 Å². The van der Waals surface area contributed by atoms with Crippen LogP contribution in [-0.2, 0) is 11.2 Å². The smallest absolute Gasteiger partial charge is 0.222 e. The van der Waals surface area contributed by atoms with Crippen LogP contribution in [0.4, 0.5) is 0 Å². The van der Waals surface area contributed by atoms with Crippen molar-refractivity contribution in [3.8, 4) is 11.6 Å². The van der Waals surface area contributed by atoms with Gasteiger partial charge in [-0.1, -0.05) is 12.1 Å². The van der Waals surface area contributed by atoms with Crippen LogP contribution in [0.3, 0.4) is 0 Å². The van der Waals surface area contributed by atoms with Crippen LogP contribution >= 0.6 is 0 Å². The SMILES string of the molecule is COc1ccc(CCC(=O)N2CCC[C@@H](c3nccnc3-n3ccnc3)C2)cc1. The van der Waals surface area contributed by atoms with Crippen molar-refractivity contribution in [2.24, 2.45) is 0 Å². The highest BCUT2D eigenvalue weighted by molar-refractivity contribution is 5.76. The molecule has 1 aliphatic heterocycles. The van der Waals surface area contributed by atoms with Crippen LogP contribution in [-0.4, -0.2) is 50.5 Å². The van der Waals surface area contributed by atoms with E-state index in [0.717, 1.165) is 48.6 Å². The van der Waals surface area contributed by atoms with Crippen LogP contribution in [0.15, 0.2) is 55.4 Å². The summed E-state index contributed by atoms with van der Waals surface area (Å²) in [6, 6.07) is 7.90. The fourth-order valence-electron chi connectivity index (χ4n) is 3.84. The summed E-state index contributed by atoms with van der Waals surface area (Å²) in [5.74, 6) is 2.00. The Morgan fingerprint density at radius 1 is 1.17 bits per heavy atom. The molecule has 0 spiro atoms. The third-order valence-corrected chi connectivity index (χ3v) is 5.40. The Bertz CT molecular complexity index is 940. The van der Waals surface area contributed by atoms with Gasteiger partial charge in [0.15, 0.2) is 5.82 Å². The molecule has 7 nitrogen and oxygen atoms in total. The Morgan fingerprint density at radius 3 is 2.76 bits per heavy atom. The molecule has 1 atom stereocenters. The molecule has 150 valence electrons. The molecular formula is C22H25N5O2. The highest BCUT2D eigenvalue weighted by Gasteiger charge is 2.27. The molecule has 0 N–H and O–H groups in total. The fourth-order valence-corrected chi connectivity index (χ4v) is 3.84. The minimum Gasteiger partial charge on any atom is -0.497 e. The average Bonchev–Trinajstić information content (AvgIpc) is 3.33. The largest absolute Gasteiger partial charge is 0.497 e. The van der Waals surface area contributed by atoms with E-state index in [1.54, 1.807) is 32.0 Å². The maximum Gasteiger partial charge on any atom is 0.222 e. The average molecular weight is 391 g/mol. The number of ether oxygens (including phenoxy) is 1. The number of aryl methyl sites for hydroxylation is 1. The molecule has 4 rings (SSSR count). The third-order valence-electron chi connectivity index (χ3n) is 5.40. The number of aromatic nitrogens is 4. The predicted octanol–water partition coefficient (Wildman–Crippen LogP) is 3.01. The van der Waals surface area contributed by atoms with E-state index < -0.39 is 0 Å². The molecule has 3 aromatic rings. The molecule has 2 aromatic heterocycles. The number of hydrogen-bond acceptors (Lipinski definition) is 5. The number of nitrogens with zero attached hydrogens (tertiary/aromatic N) is 5. The number of benzene rings is 1. The van der Waals surface area contributed by atoms with Gasteiger partial charge in [-0.15, -0.1) is 0 Å². The Balaban J connectivity index is 1.41. The van der Waals surface area contributed by atoms with Gasteiger partial charge < -0.3 is 9.64 Å². The first kappa shape index (κ1) is 19.1. The van der Waals surface area contributed by atoms with Gasteiger partial charge in [0.25, 0.3) is 0 Å². The van der Waals surface area contributed by atoms with E-state index in [4.69, 9.17) is 4.74 Å². The van der Waals surface area contributed by atoms with Gasteiger partial charge in [-0.25, -0.2) is 9.97 Å². The lowest BCUT2D eigenvalue weighted by Gasteiger charge is -2.33. The molecule has 0 bridgehead atoms. The summed E-state index contributed by atoms with van der Waals surface area (Å²) in [6.45, 7) is 1.49. The van der Waals surface area contributed by atoms with E-state index in [0.29, 0.717) is 13.0 Å². The molecule has 7 heteroatoms. The molecule has 1 amide bonds. The number of imidazole rings is 1. The first-order chi connectivity index (χ1) is 14.2.